The average Bonchev–Trinajstić information content (AvgIpc) is 3.03. The van der Waals surface area contributed by atoms with E-state index >= 15 is 0 Å². The van der Waals surface area contributed by atoms with Crippen molar-refractivity contribution in [3.63, 3.8) is 0 Å². The third kappa shape index (κ3) is 3.14. The van der Waals surface area contributed by atoms with Crippen LogP contribution in [0.3, 0.4) is 0 Å². The molecule has 1 N–H and O–H groups in total. The number of aliphatic hydroxyl groups is 1. The van der Waals surface area contributed by atoms with Crippen molar-refractivity contribution in [1.82, 2.24) is 19.5 Å². The molecule has 1 unspecified atom stereocenters. The van der Waals surface area contributed by atoms with Gasteiger partial charge in [0.15, 0.2) is 5.69 Å². The smallest absolute Gasteiger partial charge is 0.158 e. The third-order valence-corrected chi connectivity index (χ3v) is 3.57. The van der Waals surface area contributed by atoms with E-state index < -0.39 is 11.9 Å². The molecule has 6 nitrogen and oxygen atoms in total. The molecule has 7 heteroatoms. The van der Waals surface area contributed by atoms with Crippen LogP contribution in [0.5, 0.6) is 0 Å². The summed E-state index contributed by atoms with van der Waals surface area (Å²) in [5.41, 5.74) is 2.57. The fourth-order valence-electron chi connectivity index (χ4n) is 2.48. The molecule has 0 fully saturated rings. The molecule has 1 aromatic carbocycles. The van der Waals surface area contributed by atoms with Gasteiger partial charge in [0, 0.05) is 24.2 Å². The normalized spacial score (nSPS) is 11.9. The molecule has 2 heterocycles. The van der Waals surface area contributed by atoms with Crippen LogP contribution in [0.25, 0.3) is 11.3 Å². The highest BCUT2D eigenvalue weighted by Gasteiger charge is 2.16. The molecular weight excluding hydrogens is 309 g/mol. The number of imidazole rings is 1. The first-order chi connectivity index (χ1) is 11.6. The summed E-state index contributed by atoms with van der Waals surface area (Å²) >= 11 is 0. The second kappa shape index (κ2) is 6.56. The molecule has 0 saturated heterocycles. The van der Waals surface area contributed by atoms with Crippen molar-refractivity contribution in [3.05, 3.63) is 65.9 Å². The highest BCUT2D eigenvalue weighted by Crippen LogP contribution is 2.29. The quantitative estimate of drug-likeness (QED) is 0.797. The molecule has 3 aromatic rings. The highest BCUT2D eigenvalue weighted by atomic mass is 19.1. The maximum atomic E-state index is 13.5. The van der Waals surface area contributed by atoms with Gasteiger partial charge in [-0.15, -0.1) is 0 Å². The molecule has 0 radical (unpaired) electrons. The van der Waals surface area contributed by atoms with E-state index in [4.69, 9.17) is 5.26 Å². The fourth-order valence-corrected chi connectivity index (χ4v) is 2.48. The molecule has 3 rings (SSSR count). The summed E-state index contributed by atoms with van der Waals surface area (Å²) in [6, 6.07) is 6.17. The molecule has 0 aliphatic carbocycles. The minimum absolute atomic E-state index is 0.312. The predicted octanol–water partition coefficient (Wildman–Crippen LogP) is 2.45. The molecule has 120 valence electrons. The number of rotatable bonds is 4. The Morgan fingerprint density at radius 2 is 2.08 bits per heavy atom. The van der Waals surface area contributed by atoms with Crippen LogP contribution in [0.1, 0.15) is 30.0 Å². The molecule has 0 aliphatic heterocycles. The van der Waals surface area contributed by atoms with Crippen LogP contribution in [0, 0.1) is 17.1 Å². The van der Waals surface area contributed by atoms with Crippen LogP contribution >= 0.6 is 0 Å². The molecule has 1 atom stereocenters. The molecular formula is C17H14FN5O. The maximum Gasteiger partial charge on any atom is 0.158 e. The lowest BCUT2D eigenvalue weighted by molar-refractivity contribution is 0.199. The van der Waals surface area contributed by atoms with Gasteiger partial charge in [-0.3, -0.25) is 9.97 Å². The maximum absolute atomic E-state index is 13.5. The first kappa shape index (κ1) is 15.8. The van der Waals surface area contributed by atoms with Crippen LogP contribution in [-0.2, 0) is 6.54 Å². The predicted molar refractivity (Wildman–Crippen MR) is 84.1 cm³/mol. The number of aliphatic hydroxyl groups excluding tert-OH is 1. The van der Waals surface area contributed by atoms with Gasteiger partial charge in [0.25, 0.3) is 0 Å². The van der Waals surface area contributed by atoms with E-state index in [0.717, 1.165) is 0 Å². The van der Waals surface area contributed by atoms with Gasteiger partial charge in [0.1, 0.15) is 11.9 Å². The number of halogens is 1. The van der Waals surface area contributed by atoms with Crippen molar-refractivity contribution >= 4 is 0 Å². The van der Waals surface area contributed by atoms with Gasteiger partial charge >= 0.3 is 0 Å². The first-order valence-corrected chi connectivity index (χ1v) is 7.28. The van der Waals surface area contributed by atoms with Gasteiger partial charge in [-0.05, 0) is 30.7 Å². The molecule has 0 spiro atoms. The zero-order valence-corrected chi connectivity index (χ0v) is 12.9. The Balaban J connectivity index is 2.05. The largest absolute Gasteiger partial charge is 0.389 e. The Kier molecular flexibility index (Phi) is 4.31. The third-order valence-electron chi connectivity index (χ3n) is 3.57. The van der Waals surface area contributed by atoms with Crippen molar-refractivity contribution in [1.29, 1.82) is 5.26 Å². The van der Waals surface area contributed by atoms with E-state index in [1.165, 1.54) is 18.5 Å². The molecule has 0 bridgehead atoms. The van der Waals surface area contributed by atoms with Crippen LogP contribution in [0.15, 0.2) is 43.1 Å². The highest BCUT2D eigenvalue weighted by molar-refractivity contribution is 5.66. The van der Waals surface area contributed by atoms with E-state index in [2.05, 4.69) is 15.0 Å². The molecule has 24 heavy (non-hydrogen) atoms. The fraction of sp³-hybridized carbons (Fsp3) is 0.176. The van der Waals surface area contributed by atoms with Gasteiger partial charge in [-0.1, -0.05) is 0 Å². The number of nitrogens with zero attached hydrogens (tertiary/aromatic N) is 5. The van der Waals surface area contributed by atoms with Crippen LogP contribution in [0.2, 0.25) is 0 Å². The van der Waals surface area contributed by atoms with Gasteiger partial charge in [-0.25, -0.2) is 9.37 Å². The van der Waals surface area contributed by atoms with Gasteiger partial charge < -0.3 is 9.67 Å². The summed E-state index contributed by atoms with van der Waals surface area (Å²) in [6.07, 6.45) is 5.41. The van der Waals surface area contributed by atoms with E-state index in [0.29, 0.717) is 34.8 Å². The Hall–Kier alpha value is -3.11. The lowest BCUT2D eigenvalue weighted by atomic mass is 9.99. The average molecular weight is 323 g/mol. The lowest BCUT2D eigenvalue weighted by Gasteiger charge is -2.14. The monoisotopic (exact) mass is 323 g/mol. The second-order valence-corrected chi connectivity index (χ2v) is 5.30. The molecule has 0 aliphatic rings. The topological polar surface area (TPSA) is 87.6 Å². The van der Waals surface area contributed by atoms with Gasteiger partial charge in [0.2, 0.25) is 0 Å². The minimum atomic E-state index is -0.844. The van der Waals surface area contributed by atoms with Crippen LogP contribution in [0.4, 0.5) is 4.39 Å². The van der Waals surface area contributed by atoms with Crippen molar-refractivity contribution in [2.24, 2.45) is 0 Å². The Morgan fingerprint density at radius 3 is 2.79 bits per heavy atom. The minimum Gasteiger partial charge on any atom is -0.389 e. The summed E-state index contributed by atoms with van der Waals surface area (Å²) in [4.78, 5) is 12.6. The number of aromatic nitrogens is 4. The Morgan fingerprint density at radius 1 is 1.29 bits per heavy atom. The first-order valence-electron chi connectivity index (χ1n) is 7.28. The van der Waals surface area contributed by atoms with Gasteiger partial charge in [0.05, 0.1) is 30.4 Å². The standard InChI is InChI=1S/C17H14FN5O/c1-11(24)15-6-12(18)2-3-14(15)17-16(20-4-5-21-17)9-23-8-13(7-19)22-10-23/h2-6,8,10-11,24H,9H2,1H3. The summed E-state index contributed by atoms with van der Waals surface area (Å²) in [5, 5.41) is 18.8. The number of nitriles is 1. The number of benzene rings is 1. The van der Waals surface area contributed by atoms with Crippen LogP contribution < -0.4 is 0 Å². The zero-order valence-electron chi connectivity index (χ0n) is 12.9. The van der Waals surface area contributed by atoms with Crippen molar-refractivity contribution in [2.45, 2.75) is 19.6 Å². The van der Waals surface area contributed by atoms with Gasteiger partial charge in [-0.2, -0.15) is 5.26 Å². The van der Waals surface area contributed by atoms with E-state index in [1.54, 1.807) is 36.1 Å². The summed E-state index contributed by atoms with van der Waals surface area (Å²) in [6.45, 7) is 1.93. The van der Waals surface area contributed by atoms with Crippen molar-refractivity contribution in [2.75, 3.05) is 0 Å². The number of hydrogen-bond donors (Lipinski definition) is 1. The zero-order chi connectivity index (χ0) is 17.1. The summed E-state index contributed by atoms with van der Waals surface area (Å²) in [7, 11) is 0. The summed E-state index contributed by atoms with van der Waals surface area (Å²) in [5.74, 6) is -0.423. The van der Waals surface area contributed by atoms with Crippen LogP contribution in [-0.4, -0.2) is 24.6 Å². The molecule has 0 amide bonds. The lowest BCUT2D eigenvalue weighted by Crippen LogP contribution is -2.05. The molecule has 0 saturated carbocycles. The number of hydrogen-bond acceptors (Lipinski definition) is 5. The summed E-state index contributed by atoms with van der Waals surface area (Å²) < 4.78 is 15.2. The van der Waals surface area contributed by atoms with E-state index in [-0.39, 0.29) is 0 Å². The van der Waals surface area contributed by atoms with E-state index in [1.807, 2.05) is 6.07 Å². The molecule has 2 aromatic heterocycles. The van der Waals surface area contributed by atoms with Crippen molar-refractivity contribution < 1.29 is 9.50 Å². The van der Waals surface area contributed by atoms with Crippen molar-refractivity contribution in [3.8, 4) is 17.3 Å². The Labute approximate surface area is 137 Å². The Bertz CT molecular complexity index is 913. The SMILES string of the molecule is CC(O)c1cc(F)ccc1-c1nccnc1Cn1cnc(C#N)c1. The second-order valence-electron chi connectivity index (χ2n) is 5.30. The van der Waals surface area contributed by atoms with E-state index in [9.17, 15) is 9.50 Å².